The van der Waals surface area contributed by atoms with Crippen LogP contribution >= 0.6 is 0 Å². The highest BCUT2D eigenvalue weighted by atomic mass is 16.7. The van der Waals surface area contributed by atoms with Crippen LogP contribution in [0.1, 0.15) is 17.9 Å². The van der Waals surface area contributed by atoms with Crippen LogP contribution in [-0.2, 0) is 4.79 Å². The number of ether oxygens (including phenoxy) is 2. The van der Waals surface area contributed by atoms with E-state index in [-0.39, 0.29) is 24.5 Å². The zero-order valence-corrected chi connectivity index (χ0v) is 10.8. The number of nitrogens with zero attached hydrogens (tertiary/aromatic N) is 1. The number of fused-ring (bicyclic) bond motifs is 4. The topological polar surface area (TPSA) is 50.8 Å². The molecule has 1 fully saturated rings. The Morgan fingerprint density at radius 3 is 2.89 bits per heavy atom. The minimum Gasteiger partial charge on any atom is -0.454 e. The van der Waals surface area contributed by atoms with Gasteiger partial charge in [-0.3, -0.25) is 4.79 Å². The summed E-state index contributed by atoms with van der Waals surface area (Å²) >= 11 is 0. The standard InChI is InChI=1S/C14H16N2O3/c1-16-11-5-13-12(18-7-19-13)4-9(11)10-6-15-3-2-8(10)14(16)17/h4-5,8,10,15H,2-3,6-7H2,1H3. The van der Waals surface area contributed by atoms with Gasteiger partial charge in [0.2, 0.25) is 12.7 Å². The third kappa shape index (κ3) is 1.48. The van der Waals surface area contributed by atoms with E-state index < -0.39 is 0 Å². The van der Waals surface area contributed by atoms with Crippen LogP contribution in [0.4, 0.5) is 5.69 Å². The lowest BCUT2D eigenvalue weighted by atomic mass is 9.77. The van der Waals surface area contributed by atoms with Gasteiger partial charge in [-0.05, 0) is 24.6 Å². The molecule has 1 aromatic carbocycles. The number of hydrogen-bond donors (Lipinski definition) is 1. The second-order valence-corrected chi connectivity index (χ2v) is 5.37. The maximum Gasteiger partial charge on any atom is 0.231 e. The van der Waals surface area contributed by atoms with Gasteiger partial charge in [-0.25, -0.2) is 0 Å². The predicted octanol–water partition coefficient (Wildman–Crippen LogP) is 1.08. The van der Waals surface area contributed by atoms with Crippen LogP contribution in [0.25, 0.3) is 0 Å². The van der Waals surface area contributed by atoms with E-state index in [2.05, 4.69) is 5.32 Å². The second kappa shape index (κ2) is 3.87. The summed E-state index contributed by atoms with van der Waals surface area (Å²) in [6.45, 7) is 2.04. The first-order valence-electron chi connectivity index (χ1n) is 6.67. The van der Waals surface area contributed by atoms with Crippen molar-refractivity contribution in [3.05, 3.63) is 17.7 Å². The molecule has 3 aliphatic rings. The van der Waals surface area contributed by atoms with Crippen molar-refractivity contribution in [2.45, 2.75) is 12.3 Å². The smallest absolute Gasteiger partial charge is 0.231 e. The number of amides is 1. The molecule has 3 aliphatic heterocycles. The van der Waals surface area contributed by atoms with Crippen LogP contribution in [-0.4, -0.2) is 32.8 Å². The van der Waals surface area contributed by atoms with E-state index in [1.54, 1.807) is 4.90 Å². The van der Waals surface area contributed by atoms with Gasteiger partial charge in [-0.15, -0.1) is 0 Å². The lowest BCUT2D eigenvalue weighted by Crippen LogP contribution is -2.47. The maximum atomic E-state index is 12.4. The summed E-state index contributed by atoms with van der Waals surface area (Å²) < 4.78 is 10.9. The first-order valence-corrected chi connectivity index (χ1v) is 6.67. The zero-order chi connectivity index (χ0) is 13.0. The van der Waals surface area contributed by atoms with Crippen LogP contribution in [0, 0.1) is 5.92 Å². The summed E-state index contributed by atoms with van der Waals surface area (Å²) in [5.74, 6) is 2.10. The fourth-order valence-corrected chi connectivity index (χ4v) is 3.38. The largest absolute Gasteiger partial charge is 0.454 e. The summed E-state index contributed by atoms with van der Waals surface area (Å²) in [6.07, 6.45) is 0.904. The normalized spacial score (nSPS) is 28.1. The molecule has 1 N–H and O–H groups in total. The summed E-state index contributed by atoms with van der Waals surface area (Å²) in [5, 5.41) is 3.39. The van der Waals surface area contributed by atoms with Crippen molar-refractivity contribution in [1.82, 2.24) is 5.32 Å². The van der Waals surface area contributed by atoms with Gasteiger partial charge >= 0.3 is 0 Å². The fourth-order valence-electron chi connectivity index (χ4n) is 3.38. The van der Waals surface area contributed by atoms with Crippen molar-refractivity contribution >= 4 is 11.6 Å². The predicted molar refractivity (Wildman–Crippen MR) is 69.7 cm³/mol. The second-order valence-electron chi connectivity index (χ2n) is 5.37. The lowest BCUT2D eigenvalue weighted by molar-refractivity contribution is -0.123. The Bertz CT molecular complexity index is 558. The Hall–Kier alpha value is -1.75. The van der Waals surface area contributed by atoms with Gasteiger partial charge in [-0.1, -0.05) is 0 Å². The molecule has 0 spiro atoms. The minimum atomic E-state index is 0.0964. The van der Waals surface area contributed by atoms with E-state index in [1.807, 2.05) is 19.2 Å². The van der Waals surface area contributed by atoms with Crippen molar-refractivity contribution in [2.75, 3.05) is 31.8 Å². The quantitative estimate of drug-likeness (QED) is 0.758. The molecule has 1 saturated heterocycles. The summed E-state index contributed by atoms with van der Waals surface area (Å²) in [7, 11) is 1.85. The number of carbonyl (C=O) groups is 1. The van der Waals surface area contributed by atoms with E-state index in [4.69, 9.17) is 9.47 Å². The minimum absolute atomic E-state index is 0.0964. The number of nitrogens with one attached hydrogen (secondary N) is 1. The molecular weight excluding hydrogens is 244 g/mol. The third-order valence-corrected chi connectivity index (χ3v) is 4.41. The molecule has 0 aromatic heterocycles. The number of benzene rings is 1. The van der Waals surface area contributed by atoms with Crippen molar-refractivity contribution < 1.29 is 14.3 Å². The first kappa shape index (κ1) is 11.1. The molecule has 4 rings (SSSR count). The SMILES string of the molecule is CN1C(=O)C2CCNCC2c2cc3c(cc21)OCO3. The van der Waals surface area contributed by atoms with E-state index in [9.17, 15) is 4.79 Å². The lowest BCUT2D eigenvalue weighted by Gasteiger charge is -2.40. The van der Waals surface area contributed by atoms with Crippen molar-refractivity contribution in [3.8, 4) is 11.5 Å². The molecule has 5 heteroatoms. The van der Waals surface area contributed by atoms with E-state index in [1.165, 1.54) is 5.56 Å². The van der Waals surface area contributed by atoms with Crippen LogP contribution in [0.2, 0.25) is 0 Å². The average Bonchev–Trinajstić information content (AvgIpc) is 2.90. The molecule has 3 heterocycles. The van der Waals surface area contributed by atoms with E-state index >= 15 is 0 Å². The van der Waals surface area contributed by atoms with Crippen molar-refractivity contribution in [1.29, 1.82) is 0 Å². The molecule has 2 unspecified atom stereocenters. The molecule has 2 atom stereocenters. The number of hydrogen-bond acceptors (Lipinski definition) is 4. The Labute approximate surface area is 111 Å². The monoisotopic (exact) mass is 260 g/mol. The summed E-state index contributed by atoms with van der Waals surface area (Å²) in [6, 6.07) is 3.98. The van der Waals surface area contributed by atoms with Gasteiger partial charge in [0.15, 0.2) is 11.5 Å². The number of piperidine rings is 1. The molecule has 100 valence electrons. The molecule has 0 aliphatic carbocycles. The Morgan fingerprint density at radius 1 is 1.26 bits per heavy atom. The summed E-state index contributed by atoms with van der Waals surface area (Å²) in [5.41, 5.74) is 2.16. The maximum absolute atomic E-state index is 12.4. The van der Waals surface area contributed by atoms with Gasteiger partial charge in [0.1, 0.15) is 0 Å². The van der Waals surface area contributed by atoms with E-state index in [0.717, 1.165) is 36.7 Å². The average molecular weight is 260 g/mol. The molecular formula is C14H16N2O3. The molecule has 0 radical (unpaired) electrons. The highest BCUT2D eigenvalue weighted by molar-refractivity contribution is 5.99. The Morgan fingerprint density at radius 2 is 2.05 bits per heavy atom. The Kier molecular flexibility index (Phi) is 2.26. The van der Waals surface area contributed by atoms with Gasteiger partial charge in [0, 0.05) is 31.5 Å². The number of carbonyl (C=O) groups excluding carboxylic acids is 1. The third-order valence-electron chi connectivity index (χ3n) is 4.41. The van der Waals surface area contributed by atoms with E-state index in [0.29, 0.717) is 0 Å². The Balaban J connectivity index is 1.87. The fraction of sp³-hybridized carbons (Fsp3) is 0.500. The molecule has 19 heavy (non-hydrogen) atoms. The molecule has 0 bridgehead atoms. The van der Waals surface area contributed by atoms with Crippen LogP contribution in [0.3, 0.4) is 0 Å². The highest BCUT2D eigenvalue weighted by Crippen LogP contribution is 2.47. The van der Waals surface area contributed by atoms with Crippen LogP contribution in [0.5, 0.6) is 11.5 Å². The van der Waals surface area contributed by atoms with Gasteiger partial charge in [0.05, 0.1) is 5.69 Å². The van der Waals surface area contributed by atoms with Gasteiger partial charge in [0.25, 0.3) is 0 Å². The highest BCUT2D eigenvalue weighted by Gasteiger charge is 2.41. The van der Waals surface area contributed by atoms with Gasteiger partial charge in [-0.2, -0.15) is 0 Å². The van der Waals surface area contributed by atoms with Crippen LogP contribution < -0.4 is 19.7 Å². The summed E-state index contributed by atoms with van der Waals surface area (Å²) in [4.78, 5) is 14.2. The zero-order valence-electron chi connectivity index (χ0n) is 10.8. The molecule has 1 amide bonds. The van der Waals surface area contributed by atoms with Crippen molar-refractivity contribution in [2.24, 2.45) is 5.92 Å². The molecule has 0 saturated carbocycles. The number of rotatable bonds is 0. The van der Waals surface area contributed by atoms with Crippen LogP contribution in [0.15, 0.2) is 12.1 Å². The first-order chi connectivity index (χ1) is 9.25. The van der Waals surface area contributed by atoms with Crippen molar-refractivity contribution in [3.63, 3.8) is 0 Å². The molecule has 1 aromatic rings. The number of anilines is 1. The molecule has 5 nitrogen and oxygen atoms in total. The van der Waals surface area contributed by atoms with Gasteiger partial charge < -0.3 is 19.7 Å².